The molecule has 1 saturated heterocycles. The first-order chi connectivity index (χ1) is 18.4. The van der Waals surface area contributed by atoms with Gasteiger partial charge in [0, 0.05) is 6.54 Å². The van der Waals surface area contributed by atoms with Crippen molar-refractivity contribution in [3.63, 3.8) is 0 Å². The van der Waals surface area contributed by atoms with Crippen molar-refractivity contribution >= 4 is 17.6 Å². The maximum atomic E-state index is 13.5. The van der Waals surface area contributed by atoms with Gasteiger partial charge in [0.25, 0.3) is 5.91 Å². The third-order valence-corrected chi connectivity index (χ3v) is 6.93. The lowest BCUT2D eigenvalue weighted by atomic mass is 9.85. The zero-order chi connectivity index (χ0) is 29.7. The van der Waals surface area contributed by atoms with E-state index < -0.39 is 47.8 Å². The first kappa shape index (κ1) is 29.1. The Balaban J connectivity index is 1.58. The molecule has 0 aliphatic carbocycles. The van der Waals surface area contributed by atoms with Gasteiger partial charge in [0.2, 0.25) is 0 Å². The van der Waals surface area contributed by atoms with Crippen LogP contribution in [0.15, 0.2) is 23.1 Å². The van der Waals surface area contributed by atoms with Crippen molar-refractivity contribution in [2.75, 3.05) is 6.54 Å². The number of fused-ring (bicyclic) bond motifs is 1. The molecule has 3 aromatic heterocycles. The second kappa shape index (κ2) is 9.92. The van der Waals surface area contributed by atoms with Crippen molar-refractivity contribution in [1.82, 2.24) is 40.4 Å². The van der Waals surface area contributed by atoms with Crippen molar-refractivity contribution in [3.05, 3.63) is 41.1 Å². The van der Waals surface area contributed by atoms with Crippen LogP contribution in [-0.4, -0.2) is 66.2 Å². The minimum atomic E-state index is -4.65. The molecule has 0 unspecified atom stereocenters. The molecule has 218 valence electrons. The molecule has 3 amide bonds. The Morgan fingerprint density at radius 2 is 1.93 bits per heavy atom. The van der Waals surface area contributed by atoms with Gasteiger partial charge in [0.15, 0.2) is 16.9 Å². The fraction of sp³-hybridized carbons (Fsp3) is 0.565. The lowest BCUT2D eigenvalue weighted by Crippen LogP contribution is -2.53. The Hall–Kier alpha value is -3.92. The monoisotopic (exact) mass is 576 g/mol. The molecule has 0 spiro atoms. The summed E-state index contributed by atoms with van der Waals surface area (Å²) in [4.78, 5) is 30.3. The van der Waals surface area contributed by atoms with Gasteiger partial charge in [-0.05, 0) is 43.5 Å². The van der Waals surface area contributed by atoms with Gasteiger partial charge < -0.3 is 15.5 Å². The second-order valence-electron chi connectivity index (χ2n) is 10.6. The van der Waals surface area contributed by atoms with Crippen molar-refractivity contribution in [1.29, 1.82) is 0 Å². The van der Waals surface area contributed by atoms with Crippen LogP contribution in [0.2, 0.25) is 0 Å². The summed E-state index contributed by atoms with van der Waals surface area (Å²) in [6.07, 6.45) is -6.90. The number of urea groups is 1. The van der Waals surface area contributed by atoms with E-state index >= 15 is 0 Å². The smallest absolute Gasteiger partial charge is 0.342 e. The topological polar surface area (TPSA) is 131 Å². The van der Waals surface area contributed by atoms with E-state index in [1.54, 1.807) is 0 Å². The highest BCUT2D eigenvalue weighted by Crippen LogP contribution is 2.42. The summed E-state index contributed by atoms with van der Waals surface area (Å²) in [6.45, 7) is 3.65. The predicted octanol–water partition coefficient (Wildman–Crippen LogP) is 4.11. The van der Waals surface area contributed by atoms with Gasteiger partial charge in [-0.25, -0.2) is 18.9 Å². The lowest BCUT2D eigenvalue weighted by molar-refractivity contribution is -0.214. The normalized spacial score (nSPS) is 19.2. The minimum absolute atomic E-state index is 0.140. The molecule has 2 N–H and O–H groups in total. The summed E-state index contributed by atoms with van der Waals surface area (Å²) in [5.74, 6) is -0.730. The van der Waals surface area contributed by atoms with Crippen molar-refractivity contribution in [2.45, 2.75) is 71.0 Å². The number of amides is 3. The van der Waals surface area contributed by atoms with Crippen LogP contribution in [-0.2, 0) is 6.54 Å². The molecule has 3 aromatic rings. The van der Waals surface area contributed by atoms with Crippen LogP contribution in [0.25, 0.3) is 5.65 Å². The van der Waals surface area contributed by atoms with Crippen LogP contribution >= 0.6 is 0 Å². The Morgan fingerprint density at radius 3 is 2.50 bits per heavy atom. The van der Waals surface area contributed by atoms with E-state index in [0.717, 1.165) is 25.7 Å². The summed E-state index contributed by atoms with van der Waals surface area (Å²) in [6, 6.07) is -0.402. The van der Waals surface area contributed by atoms with Crippen LogP contribution in [0.3, 0.4) is 0 Å². The SMILES string of the molecule is Cc1nonc1C(=O)N[C@@H](CCC(C)(C)C(F)(F)F)c1cn2ncc(CN3C[C@@](C)(C(F)(F)F)NC3=O)cc2n1. The molecule has 0 bridgehead atoms. The van der Waals surface area contributed by atoms with Crippen LogP contribution in [0.5, 0.6) is 0 Å². The summed E-state index contributed by atoms with van der Waals surface area (Å²) in [7, 11) is 0. The molecule has 0 saturated carbocycles. The summed E-state index contributed by atoms with van der Waals surface area (Å²) in [5, 5.41) is 15.8. The van der Waals surface area contributed by atoms with Crippen LogP contribution < -0.4 is 10.6 Å². The number of nitrogens with zero attached hydrogens (tertiary/aromatic N) is 6. The quantitative estimate of drug-likeness (QED) is 0.386. The molecule has 17 heteroatoms. The zero-order valence-electron chi connectivity index (χ0n) is 21.8. The van der Waals surface area contributed by atoms with E-state index in [-0.39, 0.29) is 42.1 Å². The van der Waals surface area contributed by atoms with E-state index in [9.17, 15) is 35.9 Å². The highest BCUT2D eigenvalue weighted by atomic mass is 19.4. The number of hydrogen-bond acceptors (Lipinski definition) is 7. The Kier molecular flexibility index (Phi) is 7.21. The average Bonchev–Trinajstić information content (AvgIpc) is 3.52. The number of hydrogen-bond donors (Lipinski definition) is 2. The van der Waals surface area contributed by atoms with Gasteiger partial charge in [-0.1, -0.05) is 19.0 Å². The summed E-state index contributed by atoms with van der Waals surface area (Å²) >= 11 is 0. The van der Waals surface area contributed by atoms with E-state index in [1.165, 1.54) is 29.9 Å². The van der Waals surface area contributed by atoms with Gasteiger partial charge in [-0.3, -0.25) is 4.79 Å². The lowest BCUT2D eigenvalue weighted by Gasteiger charge is -2.29. The number of imidazole rings is 1. The van der Waals surface area contributed by atoms with Crippen LogP contribution in [0.4, 0.5) is 31.1 Å². The molecule has 0 aromatic carbocycles. The number of aryl methyl sites for hydroxylation is 1. The van der Waals surface area contributed by atoms with Gasteiger partial charge >= 0.3 is 18.4 Å². The maximum Gasteiger partial charge on any atom is 0.413 e. The summed E-state index contributed by atoms with van der Waals surface area (Å²) in [5.41, 5.74) is -3.66. The number of nitrogens with one attached hydrogen (secondary N) is 2. The molecule has 4 heterocycles. The highest BCUT2D eigenvalue weighted by molar-refractivity contribution is 5.93. The molecular weight excluding hydrogens is 550 g/mol. The van der Waals surface area contributed by atoms with Gasteiger partial charge in [0.05, 0.1) is 36.1 Å². The number of halogens is 6. The highest BCUT2D eigenvalue weighted by Gasteiger charge is 2.57. The fourth-order valence-electron chi connectivity index (χ4n) is 4.11. The Labute approximate surface area is 223 Å². The molecule has 0 radical (unpaired) electrons. The fourth-order valence-corrected chi connectivity index (χ4v) is 4.11. The molecule has 4 rings (SSSR count). The van der Waals surface area contributed by atoms with Gasteiger partial charge in [-0.15, -0.1) is 0 Å². The van der Waals surface area contributed by atoms with Gasteiger partial charge in [0.1, 0.15) is 5.69 Å². The molecular formula is C23H26F6N8O3. The Morgan fingerprint density at radius 1 is 1.23 bits per heavy atom. The third-order valence-electron chi connectivity index (χ3n) is 6.93. The average molecular weight is 577 g/mol. The molecule has 11 nitrogen and oxygen atoms in total. The molecule has 1 fully saturated rings. The first-order valence-electron chi connectivity index (χ1n) is 12.0. The van der Waals surface area contributed by atoms with E-state index in [2.05, 4.69) is 30.3 Å². The zero-order valence-corrected chi connectivity index (χ0v) is 21.8. The van der Waals surface area contributed by atoms with Crippen LogP contribution in [0.1, 0.15) is 67.1 Å². The third kappa shape index (κ3) is 5.67. The Bertz CT molecular complexity index is 1420. The second-order valence-corrected chi connectivity index (χ2v) is 10.6. The number of aromatic nitrogens is 5. The number of carbonyl (C=O) groups is 2. The first-order valence-corrected chi connectivity index (χ1v) is 12.0. The predicted molar refractivity (Wildman–Crippen MR) is 125 cm³/mol. The number of alkyl halides is 6. The molecule has 40 heavy (non-hydrogen) atoms. The van der Waals surface area contributed by atoms with Crippen molar-refractivity contribution in [3.8, 4) is 0 Å². The number of rotatable bonds is 8. The largest absolute Gasteiger partial charge is 0.413 e. The maximum absolute atomic E-state index is 13.5. The standard InChI is InChI=1S/C23H26F6N8O3/c1-12-17(35-40-34-12)18(38)32-14(5-6-20(2,3)22(24,25)26)15-10-37-16(31-15)7-13(8-30-37)9-36-11-21(4,23(27,28)29)33-19(36)39/h7-8,10,14H,5-6,9,11H2,1-4H3,(H,32,38)(H,33,39)/t14-,21-/m0/s1. The summed E-state index contributed by atoms with van der Waals surface area (Å²) < 4.78 is 86.4. The van der Waals surface area contributed by atoms with Gasteiger partial charge in [-0.2, -0.15) is 31.4 Å². The molecule has 1 aliphatic heterocycles. The molecule has 2 atom stereocenters. The van der Waals surface area contributed by atoms with Crippen molar-refractivity contribution in [2.24, 2.45) is 5.41 Å². The number of carbonyl (C=O) groups excluding carboxylic acids is 2. The van der Waals surface area contributed by atoms with E-state index in [4.69, 9.17) is 0 Å². The minimum Gasteiger partial charge on any atom is -0.342 e. The van der Waals surface area contributed by atoms with E-state index in [0.29, 0.717) is 5.56 Å². The van der Waals surface area contributed by atoms with E-state index in [1.807, 2.05) is 5.32 Å². The van der Waals surface area contributed by atoms with Crippen LogP contribution in [0, 0.1) is 12.3 Å². The molecule has 1 aliphatic rings. The van der Waals surface area contributed by atoms with Crippen molar-refractivity contribution < 1.29 is 40.6 Å².